The molecule has 0 unspecified atom stereocenters. The molecule has 0 atom stereocenters. The average Bonchev–Trinajstić information content (AvgIpc) is 3.13. The molecule has 0 saturated heterocycles. The lowest BCUT2D eigenvalue weighted by Crippen LogP contribution is -2.44. The largest absolute Gasteiger partial charge is 0.369 e. The van der Waals surface area contributed by atoms with Gasteiger partial charge in [-0.15, -0.1) is 0 Å². The molecule has 4 N–H and O–H groups in total. The Bertz CT molecular complexity index is 1310. The Morgan fingerprint density at radius 3 is 2.39 bits per heavy atom. The maximum atomic E-state index is 13.7. The van der Waals surface area contributed by atoms with Crippen molar-refractivity contribution in [1.82, 2.24) is 19.5 Å². The summed E-state index contributed by atoms with van der Waals surface area (Å²) < 4.78 is 42.2. The number of fused-ring (bicyclic) bond motifs is 1. The van der Waals surface area contributed by atoms with Crippen LogP contribution in [0.2, 0.25) is 10.0 Å². The SMILES string of the molecule is C[C@]1(C(N)=O)CC[C@H](n2c(Nc3c(Cl)cc(F)cc3Cl)nc3cnc(NC4CC(F)(F)C4)nc32)CC1. The summed E-state index contributed by atoms with van der Waals surface area (Å²) >= 11 is 12.5. The molecule has 36 heavy (non-hydrogen) atoms. The highest BCUT2D eigenvalue weighted by Crippen LogP contribution is 2.44. The van der Waals surface area contributed by atoms with Gasteiger partial charge >= 0.3 is 0 Å². The average molecular weight is 542 g/mol. The van der Waals surface area contributed by atoms with Crippen molar-refractivity contribution in [2.75, 3.05) is 10.6 Å². The van der Waals surface area contributed by atoms with Crippen LogP contribution in [0.5, 0.6) is 0 Å². The zero-order valence-electron chi connectivity index (χ0n) is 19.3. The molecule has 13 heteroatoms. The number of hydrogen-bond acceptors (Lipinski definition) is 6. The number of nitrogens with two attached hydrogens (primary N) is 1. The van der Waals surface area contributed by atoms with E-state index in [4.69, 9.17) is 28.9 Å². The number of hydrogen-bond donors (Lipinski definition) is 3. The monoisotopic (exact) mass is 541 g/mol. The van der Waals surface area contributed by atoms with Gasteiger partial charge in [-0.25, -0.2) is 23.1 Å². The summed E-state index contributed by atoms with van der Waals surface area (Å²) in [4.78, 5) is 25.4. The molecule has 0 aliphatic heterocycles. The minimum absolute atomic E-state index is 0.0721. The molecule has 192 valence electrons. The lowest BCUT2D eigenvalue weighted by Gasteiger charge is -2.36. The number of imidazole rings is 1. The summed E-state index contributed by atoms with van der Waals surface area (Å²) in [7, 11) is 0. The second-order valence-electron chi connectivity index (χ2n) is 9.84. The molecule has 0 radical (unpaired) electrons. The number of benzene rings is 1. The zero-order chi connectivity index (χ0) is 25.8. The highest BCUT2D eigenvalue weighted by atomic mass is 35.5. The number of halogens is 5. The van der Waals surface area contributed by atoms with Crippen LogP contribution in [0.1, 0.15) is 51.5 Å². The van der Waals surface area contributed by atoms with Crippen molar-refractivity contribution >= 4 is 57.9 Å². The van der Waals surface area contributed by atoms with Gasteiger partial charge in [-0.2, -0.15) is 4.98 Å². The van der Waals surface area contributed by atoms with E-state index in [-0.39, 0.29) is 46.5 Å². The standard InChI is InChI=1S/C23H24Cl2F3N7O/c1-22(19(29)36)4-2-13(3-5-22)35-18-16(10-30-20(34-18)31-12-8-23(27,28)9-12)32-21(35)33-17-14(24)6-11(26)7-15(17)25/h6-7,10,12-13H,2-5,8-9H2,1H3,(H2,29,36)(H,32,33)(H,30,31,34)/t13-,22-. The van der Waals surface area contributed by atoms with E-state index in [2.05, 4.69) is 25.6 Å². The predicted molar refractivity (Wildman–Crippen MR) is 131 cm³/mol. The predicted octanol–water partition coefficient (Wildman–Crippen LogP) is 5.83. The maximum Gasteiger partial charge on any atom is 0.252 e. The number of primary amides is 1. The molecule has 1 aromatic carbocycles. The molecule has 2 heterocycles. The number of amides is 1. The van der Waals surface area contributed by atoms with E-state index in [0.29, 0.717) is 42.8 Å². The van der Waals surface area contributed by atoms with Crippen LogP contribution in [0, 0.1) is 11.2 Å². The van der Waals surface area contributed by atoms with Crippen LogP contribution < -0.4 is 16.4 Å². The van der Waals surface area contributed by atoms with Crippen molar-refractivity contribution in [1.29, 1.82) is 0 Å². The smallest absolute Gasteiger partial charge is 0.252 e. The summed E-state index contributed by atoms with van der Waals surface area (Å²) in [6.07, 6.45) is 3.31. The van der Waals surface area contributed by atoms with Gasteiger partial charge in [-0.3, -0.25) is 9.36 Å². The summed E-state index contributed by atoms with van der Waals surface area (Å²) in [6.45, 7) is 1.85. The van der Waals surface area contributed by atoms with Gasteiger partial charge < -0.3 is 16.4 Å². The lowest BCUT2D eigenvalue weighted by molar-refractivity contribution is -0.128. The van der Waals surface area contributed by atoms with Gasteiger partial charge in [0.25, 0.3) is 5.92 Å². The van der Waals surface area contributed by atoms with Gasteiger partial charge in [0.1, 0.15) is 11.3 Å². The van der Waals surface area contributed by atoms with E-state index < -0.39 is 23.2 Å². The van der Waals surface area contributed by atoms with Crippen LogP contribution in [-0.2, 0) is 4.79 Å². The fourth-order valence-electron chi connectivity index (χ4n) is 4.86. The molecule has 2 aliphatic carbocycles. The van der Waals surface area contributed by atoms with Crippen molar-refractivity contribution in [2.24, 2.45) is 11.1 Å². The fourth-order valence-corrected chi connectivity index (χ4v) is 5.41. The van der Waals surface area contributed by atoms with E-state index in [1.54, 1.807) is 0 Å². The van der Waals surface area contributed by atoms with E-state index in [1.807, 2.05) is 11.5 Å². The summed E-state index contributed by atoms with van der Waals surface area (Å²) in [5.74, 6) is -3.03. The number of nitrogens with zero attached hydrogens (tertiary/aromatic N) is 4. The van der Waals surface area contributed by atoms with Gasteiger partial charge in [-0.05, 0) is 37.8 Å². The number of carbonyl (C=O) groups is 1. The third-order valence-corrected chi connectivity index (χ3v) is 7.71. The van der Waals surface area contributed by atoms with E-state index in [0.717, 1.165) is 12.1 Å². The second-order valence-corrected chi connectivity index (χ2v) is 10.7. The van der Waals surface area contributed by atoms with E-state index in [9.17, 15) is 18.0 Å². The molecule has 8 nitrogen and oxygen atoms in total. The third-order valence-electron chi connectivity index (χ3n) is 7.12. The van der Waals surface area contributed by atoms with Crippen molar-refractivity contribution in [3.63, 3.8) is 0 Å². The van der Waals surface area contributed by atoms with Crippen molar-refractivity contribution in [2.45, 2.75) is 63.5 Å². The Hall–Kier alpha value is -2.79. The third kappa shape index (κ3) is 4.66. The molecule has 5 rings (SSSR count). The fraction of sp³-hybridized carbons (Fsp3) is 0.478. The van der Waals surface area contributed by atoms with Gasteiger partial charge in [-0.1, -0.05) is 30.1 Å². The molecule has 0 spiro atoms. The van der Waals surface area contributed by atoms with Crippen LogP contribution in [-0.4, -0.2) is 37.4 Å². The number of carbonyl (C=O) groups excluding carboxylic acids is 1. The number of anilines is 3. The van der Waals surface area contributed by atoms with Gasteiger partial charge in [0.05, 0.1) is 21.9 Å². The molecular formula is C23H24Cl2F3N7O. The quantitative estimate of drug-likeness (QED) is 0.362. The molecule has 2 saturated carbocycles. The van der Waals surface area contributed by atoms with Gasteiger partial charge in [0.15, 0.2) is 5.65 Å². The van der Waals surface area contributed by atoms with Crippen LogP contribution in [0.25, 0.3) is 11.2 Å². The van der Waals surface area contributed by atoms with Crippen LogP contribution >= 0.6 is 23.2 Å². The number of aromatic nitrogens is 4. The molecule has 1 amide bonds. The number of nitrogens with one attached hydrogen (secondary N) is 2. The van der Waals surface area contributed by atoms with Crippen molar-refractivity contribution in [3.05, 3.63) is 34.2 Å². The summed E-state index contributed by atoms with van der Waals surface area (Å²) in [5.41, 5.74) is 6.22. The Kier molecular flexibility index (Phi) is 6.19. The van der Waals surface area contributed by atoms with Crippen LogP contribution in [0.15, 0.2) is 18.3 Å². The normalized spacial score (nSPS) is 23.9. The molecule has 2 aromatic heterocycles. The molecule has 3 aromatic rings. The first kappa shape index (κ1) is 24.9. The first-order valence-electron chi connectivity index (χ1n) is 11.5. The van der Waals surface area contributed by atoms with Gasteiger partial charge in [0, 0.05) is 30.3 Å². The molecular weight excluding hydrogens is 518 g/mol. The van der Waals surface area contributed by atoms with Crippen molar-refractivity contribution < 1.29 is 18.0 Å². The number of alkyl halides is 2. The summed E-state index contributed by atoms with van der Waals surface area (Å²) in [6, 6.07) is 1.74. The van der Waals surface area contributed by atoms with E-state index >= 15 is 0 Å². The Morgan fingerprint density at radius 1 is 1.17 bits per heavy atom. The van der Waals surface area contributed by atoms with Gasteiger partial charge in [0.2, 0.25) is 17.8 Å². The second kappa shape index (κ2) is 8.95. The van der Waals surface area contributed by atoms with E-state index in [1.165, 1.54) is 6.20 Å². The van der Waals surface area contributed by atoms with Crippen LogP contribution in [0.4, 0.5) is 30.8 Å². The molecule has 0 bridgehead atoms. The first-order chi connectivity index (χ1) is 16.9. The Labute approximate surface area is 214 Å². The first-order valence-corrected chi connectivity index (χ1v) is 12.3. The Balaban J connectivity index is 1.52. The molecule has 2 fully saturated rings. The highest BCUT2D eigenvalue weighted by Gasteiger charge is 2.45. The minimum Gasteiger partial charge on any atom is -0.369 e. The molecule has 2 aliphatic rings. The van der Waals surface area contributed by atoms with Crippen molar-refractivity contribution in [3.8, 4) is 0 Å². The minimum atomic E-state index is -2.68. The summed E-state index contributed by atoms with van der Waals surface area (Å²) in [5, 5.41) is 6.21. The lowest BCUT2D eigenvalue weighted by atomic mass is 9.73. The zero-order valence-corrected chi connectivity index (χ0v) is 20.8. The number of rotatable bonds is 6. The van der Waals surface area contributed by atoms with Crippen LogP contribution in [0.3, 0.4) is 0 Å². The maximum absolute atomic E-state index is 13.7. The topological polar surface area (TPSA) is 111 Å². The highest BCUT2D eigenvalue weighted by molar-refractivity contribution is 6.39. The Morgan fingerprint density at radius 2 is 1.81 bits per heavy atom.